The Morgan fingerprint density at radius 1 is 1.40 bits per heavy atom. The van der Waals surface area contributed by atoms with E-state index in [1.807, 2.05) is 6.07 Å². The minimum absolute atomic E-state index is 0.109. The number of halogens is 2. The van der Waals surface area contributed by atoms with Crippen LogP contribution in [0.25, 0.3) is 0 Å². The molecule has 7 heteroatoms. The highest BCUT2D eigenvalue weighted by molar-refractivity contribution is 7.17. The number of thiazole rings is 1. The lowest BCUT2D eigenvalue weighted by atomic mass is 10.2. The number of nitrogens with two attached hydrogens (primary N) is 1. The maximum absolute atomic E-state index is 12.3. The van der Waals surface area contributed by atoms with Gasteiger partial charge in [-0.05, 0) is 24.6 Å². The summed E-state index contributed by atoms with van der Waals surface area (Å²) >= 11 is 13.0. The summed E-state index contributed by atoms with van der Waals surface area (Å²) < 4.78 is 0. The Kier molecular flexibility index (Phi) is 4.52. The van der Waals surface area contributed by atoms with Crippen LogP contribution in [0.1, 0.15) is 20.9 Å². The van der Waals surface area contributed by atoms with Crippen molar-refractivity contribution < 1.29 is 4.79 Å². The number of carbonyl (C=O) groups is 1. The minimum atomic E-state index is -0.109. The van der Waals surface area contributed by atoms with E-state index in [1.165, 1.54) is 11.3 Å². The van der Waals surface area contributed by atoms with Crippen LogP contribution in [-0.4, -0.2) is 22.8 Å². The van der Waals surface area contributed by atoms with Crippen LogP contribution in [0, 0.1) is 6.92 Å². The van der Waals surface area contributed by atoms with Gasteiger partial charge in [-0.2, -0.15) is 0 Å². The fourth-order valence-electron chi connectivity index (χ4n) is 1.77. The first kappa shape index (κ1) is 15.1. The molecule has 0 radical (unpaired) electrons. The van der Waals surface area contributed by atoms with Gasteiger partial charge >= 0.3 is 0 Å². The molecular weight excluding hydrogens is 317 g/mol. The summed E-state index contributed by atoms with van der Waals surface area (Å²) in [5.74, 6) is -0.109. The van der Waals surface area contributed by atoms with E-state index in [9.17, 15) is 4.79 Å². The number of nitrogens with zero attached hydrogens (tertiary/aromatic N) is 2. The van der Waals surface area contributed by atoms with Crippen LogP contribution in [0.2, 0.25) is 10.0 Å². The van der Waals surface area contributed by atoms with Gasteiger partial charge in [0.05, 0.1) is 15.7 Å². The second kappa shape index (κ2) is 5.99. The van der Waals surface area contributed by atoms with Crippen molar-refractivity contribution in [1.29, 1.82) is 0 Å². The van der Waals surface area contributed by atoms with Crippen LogP contribution in [0.5, 0.6) is 0 Å². The van der Waals surface area contributed by atoms with Crippen molar-refractivity contribution in [1.82, 2.24) is 9.88 Å². The Bertz CT molecular complexity index is 657. The molecule has 0 aliphatic rings. The molecule has 4 nitrogen and oxygen atoms in total. The van der Waals surface area contributed by atoms with Gasteiger partial charge in [-0.25, -0.2) is 4.98 Å². The van der Waals surface area contributed by atoms with Crippen molar-refractivity contribution in [2.24, 2.45) is 0 Å². The molecule has 1 amide bonds. The molecule has 2 aromatic rings. The zero-order valence-corrected chi connectivity index (χ0v) is 13.3. The van der Waals surface area contributed by atoms with E-state index < -0.39 is 0 Å². The molecule has 0 saturated heterocycles. The number of carbonyl (C=O) groups excluding carboxylic acids is 1. The number of benzene rings is 1. The third kappa shape index (κ3) is 3.23. The van der Waals surface area contributed by atoms with Gasteiger partial charge in [-0.15, -0.1) is 0 Å². The van der Waals surface area contributed by atoms with E-state index in [-0.39, 0.29) is 5.91 Å². The minimum Gasteiger partial charge on any atom is -0.375 e. The van der Waals surface area contributed by atoms with Gasteiger partial charge < -0.3 is 10.6 Å². The quantitative estimate of drug-likeness (QED) is 0.935. The largest absolute Gasteiger partial charge is 0.375 e. The zero-order chi connectivity index (χ0) is 14.9. The number of aryl methyl sites for hydroxylation is 1. The Balaban J connectivity index is 2.15. The molecule has 0 aliphatic heterocycles. The summed E-state index contributed by atoms with van der Waals surface area (Å²) in [6, 6.07) is 5.31. The van der Waals surface area contributed by atoms with Gasteiger partial charge in [0.15, 0.2) is 5.13 Å². The monoisotopic (exact) mass is 329 g/mol. The Morgan fingerprint density at radius 3 is 2.65 bits per heavy atom. The number of anilines is 1. The molecule has 0 spiro atoms. The number of hydrogen-bond acceptors (Lipinski definition) is 4. The Morgan fingerprint density at radius 2 is 2.10 bits per heavy atom. The van der Waals surface area contributed by atoms with E-state index in [0.29, 0.717) is 32.3 Å². The summed E-state index contributed by atoms with van der Waals surface area (Å²) in [4.78, 5) is 18.5. The van der Waals surface area contributed by atoms with E-state index in [1.54, 1.807) is 31.0 Å². The zero-order valence-electron chi connectivity index (χ0n) is 11.0. The lowest BCUT2D eigenvalue weighted by Gasteiger charge is -2.17. The van der Waals surface area contributed by atoms with Crippen LogP contribution in [0.3, 0.4) is 0 Å². The van der Waals surface area contributed by atoms with Gasteiger partial charge in [-0.3, -0.25) is 4.79 Å². The number of rotatable bonds is 3. The van der Waals surface area contributed by atoms with Crippen LogP contribution in [0.15, 0.2) is 18.2 Å². The van der Waals surface area contributed by atoms with E-state index >= 15 is 0 Å². The summed E-state index contributed by atoms with van der Waals surface area (Å²) in [5.41, 5.74) is 7.17. The van der Waals surface area contributed by atoms with Gasteiger partial charge in [0, 0.05) is 13.6 Å². The first-order valence-corrected chi connectivity index (χ1v) is 7.38. The van der Waals surface area contributed by atoms with Crippen molar-refractivity contribution in [3.05, 3.63) is 44.4 Å². The van der Waals surface area contributed by atoms with Crippen LogP contribution in [0.4, 0.5) is 5.13 Å². The molecule has 2 N–H and O–H groups in total. The second-order valence-electron chi connectivity index (χ2n) is 4.38. The number of nitrogen functional groups attached to an aromatic ring is 1. The average molecular weight is 330 g/mol. The molecule has 2 rings (SSSR count). The van der Waals surface area contributed by atoms with E-state index in [4.69, 9.17) is 28.9 Å². The van der Waals surface area contributed by atoms with Gasteiger partial charge in [0.2, 0.25) is 0 Å². The first-order chi connectivity index (χ1) is 9.38. The van der Waals surface area contributed by atoms with Crippen molar-refractivity contribution in [3.8, 4) is 0 Å². The maximum Gasteiger partial charge on any atom is 0.265 e. The SMILES string of the molecule is Cc1nc(N)sc1C(=O)N(C)Cc1ccc(Cl)c(Cl)c1. The smallest absolute Gasteiger partial charge is 0.265 e. The second-order valence-corrected chi connectivity index (χ2v) is 6.22. The van der Waals surface area contributed by atoms with Gasteiger partial charge in [0.25, 0.3) is 5.91 Å². The van der Waals surface area contributed by atoms with E-state index in [0.717, 1.165) is 5.56 Å². The molecule has 106 valence electrons. The lowest BCUT2D eigenvalue weighted by Crippen LogP contribution is -2.26. The molecule has 1 aromatic heterocycles. The van der Waals surface area contributed by atoms with Crippen molar-refractivity contribution >= 4 is 45.6 Å². The van der Waals surface area contributed by atoms with Crippen LogP contribution in [-0.2, 0) is 6.54 Å². The van der Waals surface area contributed by atoms with E-state index in [2.05, 4.69) is 4.98 Å². The van der Waals surface area contributed by atoms with Crippen LogP contribution < -0.4 is 5.73 Å². The normalized spacial score (nSPS) is 10.6. The molecule has 1 aromatic carbocycles. The number of aromatic nitrogens is 1. The number of hydrogen-bond donors (Lipinski definition) is 1. The molecule has 0 aliphatic carbocycles. The molecule has 0 atom stereocenters. The van der Waals surface area contributed by atoms with Crippen LogP contribution >= 0.6 is 34.5 Å². The van der Waals surface area contributed by atoms with Gasteiger partial charge in [-0.1, -0.05) is 40.6 Å². The molecule has 0 fully saturated rings. The fourth-order valence-corrected chi connectivity index (χ4v) is 2.92. The summed E-state index contributed by atoms with van der Waals surface area (Å²) in [6.45, 7) is 2.21. The third-order valence-corrected chi connectivity index (χ3v) is 4.47. The molecule has 0 saturated carbocycles. The highest BCUT2D eigenvalue weighted by atomic mass is 35.5. The molecule has 20 heavy (non-hydrogen) atoms. The highest BCUT2D eigenvalue weighted by Crippen LogP contribution is 2.25. The maximum atomic E-state index is 12.3. The predicted molar refractivity (Wildman–Crippen MR) is 83.5 cm³/mol. The molecular formula is C13H13Cl2N3OS. The van der Waals surface area contributed by atoms with Gasteiger partial charge in [0.1, 0.15) is 4.88 Å². The lowest BCUT2D eigenvalue weighted by molar-refractivity contribution is 0.0789. The molecule has 0 bridgehead atoms. The topological polar surface area (TPSA) is 59.2 Å². The standard InChI is InChI=1S/C13H13Cl2N3OS/c1-7-11(20-13(16)17-7)12(19)18(2)6-8-3-4-9(14)10(15)5-8/h3-5H,6H2,1-2H3,(H2,16,17). The highest BCUT2D eigenvalue weighted by Gasteiger charge is 2.18. The van der Waals surface area contributed by atoms with Crippen molar-refractivity contribution in [3.63, 3.8) is 0 Å². The number of amides is 1. The molecule has 1 heterocycles. The summed E-state index contributed by atoms with van der Waals surface area (Å²) in [7, 11) is 1.72. The Labute approximate surface area is 131 Å². The third-order valence-electron chi connectivity index (χ3n) is 2.76. The van der Waals surface area contributed by atoms with Crippen molar-refractivity contribution in [2.75, 3.05) is 12.8 Å². The average Bonchev–Trinajstić information content (AvgIpc) is 2.72. The molecule has 0 unspecified atom stereocenters. The van der Waals surface area contributed by atoms with Crippen molar-refractivity contribution in [2.45, 2.75) is 13.5 Å². The predicted octanol–water partition coefficient (Wildman–Crippen LogP) is 3.61. The fraction of sp³-hybridized carbons (Fsp3) is 0.231. The Hall–Kier alpha value is -1.30. The first-order valence-electron chi connectivity index (χ1n) is 5.80. The summed E-state index contributed by atoms with van der Waals surface area (Å²) in [6.07, 6.45) is 0. The summed E-state index contributed by atoms with van der Waals surface area (Å²) in [5, 5.41) is 1.37.